The number of ether oxygens (including phenoxy) is 2. The molecule has 0 radical (unpaired) electrons. The van der Waals surface area contributed by atoms with Crippen molar-refractivity contribution in [1.82, 2.24) is 4.98 Å². The highest BCUT2D eigenvalue weighted by Gasteiger charge is 2.25. The second kappa shape index (κ2) is 7.00. The Morgan fingerprint density at radius 3 is 2.58 bits per heavy atom. The number of aryl methyl sites for hydroxylation is 1. The Kier molecular flexibility index (Phi) is 4.75. The Bertz CT molecular complexity index is 993. The van der Waals surface area contributed by atoms with E-state index >= 15 is 0 Å². The van der Waals surface area contributed by atoms with Crippen molar-refractivity contribution in [3.05, 3.63) is 65.1 Å². The van der Waals surface area contributed by atoms with E-state index < -0.39 is 17.9 Å². The standard InChI is InChI=1S/C20H18FNO4/c1-11-18(14-6-4-5-7-16(14)22-11)19(23)12(2)26-20(24)13-8-9-17(25-3)15(21)10-13/h4-10,12,22H,1-3H3/t12-/m1/s1. The minimum absolute atomic E-state index is 0.0126. The van der Waals surface area contributed by atoms with Crippen molar-refractivity contribution in [2.75, 3.05) is 7.11 Å². The first-order valence-corrected chi connectivity index (χ1v) is 8.08. The first kappa shape index (κ1) is 17.7. The molecular formula is C20H18FNO4. The van der Waals surface area contributed by atoms with E-state index in [2.05, 4.69) is 4.98 Å². The van der Waals surface area contributed by atoms with Crippen molar-refractivity contribution >= 4 is 22.7 Å². The lowest BCUT2D eigenvalue weighted by atomic mass is 10.0. The second-order valence-corrected chi connectivity index (χ2v) is 5.93. The molecule has 0 aliphatic carbocycles. The maximum atomic E-state index is 13.8. The number of halogens is 1. The minimum Gasteiger partial charge on any atom is -0.494 e. The zero-order valence-electron chi connectivity index (χ0n) is 14.6. The molecule has 0 bridgehead atoms. The number of Topliss-reactive ketones (excluding diaryl/α,β-unsaturated/α-hetero) is 1. The van der Waals surface area contributed by atoms with Crippen LogP contribution in [-0.2, 0) is 4.74 Å². The summed E-state index contributed by atoms with van der Waals surface area (Å²) in [6.07, 6.45) is -1.01. The van der Waals surface area contributed by atoms with Crippen molar-refractivity contribution in [2.24, 2.45) is 0 Å². The summed E-state index contributed by atoms with van der Waals surface area (Å²) in [7, 11) is 1.33. The molecule has 3 aromatic rings. The Hall–Kier alpha value is -3.15. The number of carbonyl (C=O) groups is 2. The smallest absolute Gasteiger partial charge is 0.338 e. The van der Waals surface area contributed by atoms with Gasteiger partial charge in [0.15, 0.2) is 17.7 Å². The number of ketones is 1. The van der Waals surface area contributed by atoms with Gasteiger partial charge in [-0.05, 0) is 38.1 Å². The third-order valence-electron chi connectivity index (χ3n) is 4.18. The maximum Gasteiger partial charge on any atom is 0.338 e. The molecule has 0 aliphatic rings. The lowest BCUT2D eigenvalue weighted by molar-refractivity contribution is 0.0318. The zero-order valence-corrected chi connectivity index (χ0v) is 14.6. The zero-order chi connectivity index (χ0) is 18.8. The van der Waals surface area contributed by atoms with Crippen LogP contribution in [0.2, 0.25) is 0 Å². The minimum atomic E-state index is -1.01. The molecule has 3 rings (SSSR count). The van der Waals surface area contributed by atoms with Crippen LogP contribution < -0.4 is 4.74 Å². The van der Waals surface area contributed by atoms with E-state index in [0.717, 1.165) is 17.0 Å². The Morgan fingerprint density at radius 1 is 1.15 bits per heavy atom. The molecule has 1 aromatic heterocycles. The number of carbonyl (C=O) groups excluding carboxylic acids is 2. The topological polar surface area (TPSA) is 68.4 Å². The van der Waals surface area contributed by atoms with Crippen LogP contribution >= 0.6 is 0 Å². The van der Waals surface area contributed by atoms with Crippen LogP contribution in [0.4, 0.5) is 4.39 Å². The highest BCUT2D eigenvalue weighted by atomic mass is 19.1. The average Bonchev–Trinajstić information content (AvgIpc) is 2.96. The number of fused-ring (bicyclic) bond motifs is 1. The molecule has 5 nitrogen and oxygen atoms in total. The number of H-pyrrole nitrogens is 1. The number of aromatic nitrogens is 1. The van der Waals surface area contributed by atoms with Crippen molar-refractivity contribution in [3.8, 4) is 5.75 Å². The van der Waals surface area contributed by atoms with Crippen LogP contribution in [0.1, 0.15) is 33.3 Å². The van der Waals surface area contributed by atoms with Crippen LogP contribution in [-0.4, -0.2) is 30.0 Å². The van der Waals surface area contributed by atoms with Crippen molar-refractivity contribution < 1.29 is 23.5 Å². The van der Waals surface area contributed by atoms with Crippen LogP contribution in [0.15, 0.2) is 42.5 Å². The number of para-hydroxylation sites is 1. The summed E-state index contributed by atoms with van der Waals surface area (Å²) in [6.45, 7) is 3.29. The molecule has 0 aliphatic heterocycles. The normalized spacial score (nSPS) is 12.0. The van der Waals surface area contributed by atoms with E-state index in [0.29, 0.717) is 11.3 Å². The SMILES string of the molecule is COc1ccc(C(=O)O[C@H](C)C(=O)c2c(C)[nH]c3ccccc23)cc1F. The maximum absolute atomic E-state index is 13.8. The van der Waals surface area contributed by atoms with Gasteiger partial charge in [-0.2, -0.15) is 0 Å². The van der Waals surface area contributed by atoms with Gasteiger partial charge in [-0.15, -0.1) is 0 Å². The third-order valence-corrected chi connectivity index (χ3v) is 4.18. The van der Waals surface area contributed by atoms with E-state index in [-0.39, 0.29) is 17.1 Å². The number of nitrogens with one attached hydrogen (secondary N) is 1. The molecular weight excluding hydrogens is 337 g/mol. The molecule has 1 heterocycles. The molecule has 1 atom stereocenters. The van der Waals surface area contributed by atoms with Gasteiger partial charge in [0.05, 0.1) is 12.7 Å². The lowest BCUT2D eigenvalue weighted by Gasteiger charge is -2.13. The highest BCUT2D eigenvalue weighted by Crippen LogP contribution is 2.24. The molecule has 134 valence electrons. The first-order chi connectivity index (χ1) is 12.4. The number of hydrogen-bond acceptors (Lipinski definition) is 4. The third kappa shape index (κ3) is 3.18. The number of aromatic amines is 1. The van der Waals surface area contributed by atoms with Gasteiger partial charge in [0.25, 0.3) is 0 Å². The van der Waals surface area contributed by atoms with Crippen LogP contribution in [0, 0.1) is 12.7 Å². The average molecular weight is 355 g/mol. The summed E-state index contributed by atoms with van der Waals surface area (Å²) in [5.74, 6) is -1.74. The van der Waals surface area contributed by atoms with Crippen LogP contribution in [0.3, 0.4) is 0 Å². The van der Waals surface area contributed by atoms with Gasteiger partial charge in [0.2, 0.25) is 5.78 Å². The number of rotatable bonds is 5. The molecule has 0 saturated carbocycles. The molecule has 0 unspecified atom stereocenters. The van der Waals surface area contributed by atoms with Gasteiger partial charge in [-0.1, -0.05) is 18.2 Å². The summed E-state index contributed by atoms with van der Waals surface area (Å²) >= 11 is 0. The van der Waals surface area contributed by atoms with Gasteiger partial charge in [0, 0.05) is 22.2 Å². The van der Waals surface area contributed by atoms with E-state index in [1.165, 1.54) is 26.2 Å². The number of methoxy groups -OCH3 is 1. The molecule has 0 amide bonds. The van der Waals surface area contributed by atoms with Crippen LogP contribution in [0.25, 0.3) is 10.9 Å². The van der Waals surface area contributed by atoms with E-state index in [1.54, 1.807) is 6.92 Å². The van der Waals surface area contributed by atoms with Gasteiger partial charge in [-0.3, -0.25) is 4.79 Å². The number of hydrogen-bond donors (Lipinski definition) is 1. The Balaban J connectivity index is 1.81. The number of esters is 1. The van der Waals surface area contributed by atoms with Gasteiger partial charge < -0.3 is 14.5 Å². The van der Waals surface area contributed by atoms with Gasteiger partial charge in [0.1, 0.15) is 0 Å². The van der Waals surface area contributed by atoms with E-state index in [4.69, 9.17) is 9.47 Å². The van der Waals surface area contributed by atoms with Crippen LogP contribution in [0.5, 0.6) is 5.75 Å². The fourth-order valence-electron chi connectivity index (χ4n) is 2.87. The number of benzene rings is 2. The summed E-state index contributed by atoms with van der Waals surface area (Å²) in [6, 6.07) is 11.2. The quantitative estimate of drug-likeness (QED) is 0.554. The predicted octanol–water partition coefficient (Wildman–Crippen LogP) is 4.05. The summed E-state index contributed by atoms with van der Waals surface area (Å²) < 4.78 is 23.8. The fourth-order valence-corrected chi connectivity index (χ4v) is 2.87. The van der Waals surface area contributed by atoms with Crippen molar-refractivity contribution in [2.45, 2.75) is 20.0 Å². The highest BCUT2D eigenvalue weighted by molar-refractivity contribution is 6.11. The molecule has 1 N–H and O–H groups in total. The summed E-state index contributed by atoms with van der Waals surface area (Å²) in [5, 5.41) is 0.772. The predicted molar refractivity (Wildman–Crippen MR) is 95.2 cm³/mol. The molecule has 26 heavy (non-hydrogen) atoms. The molecule has 6 heteroatoms. The Labute approximate surface area is 149 Å². The largest absolute Gasteiger partial charge is 0.494 e. The van der Waals surface area contributed by atoms with Crippen molar-refractivity contribution in [3.63, 3.8) is 0 Å². The first-order valence-electron chi connectivity index (χ1n) is 8.08. The summed E-state index contributed by atoms with van der Waals surface area (Å²) in [5.41, 5.74) is 2.04. The lowest BCUT2D eigenvalue weighted by Crippen LogP contribution is -2.25. The molecule has 2 aromatic carbocycles. The van der Waals surface area contributed by atoms with Gasteiger partial charge in [-0.25, -0.2) is 9.18 Å². The molecule has 0 saturated heterocycles. The Morgan fingerprint density at radius 2 is 1.88 bits per heavy atom. The fraction of sp³-hybridized carbons (Fsp3) is 0.200. The van der Waals surface area contributed by atoms with Gasteiger partial charge >= 0.3 is 5.97 Å². The monoisotopic (exact) mass is 355 g/mol. The van der Waals surface area contributed by atoms with E-state index in [9.17, 15) is 14.0 Å². The summed E-state index contributed by atoms with van der Waals surface area (Å²) in [4.78, 5) is 28.2. The molecule has 0 fully saturated rings. The van der Waals surface area contributed by atoms with E-state index in [1.807, 2.05) is 24.3 Å². The molecule has 0 spiro atoms. The van der Waals surface area contributed by atoms with Crippen molar-refractivity contribution in [1.29, 1.82) is 0 Å². The second-order valence-electron chi connectivity index (χ2n) is 5.93.